The van der Waals surface area contributed by atoms with Crippen LogP contribution in [0.25, 0.3) is 0 Å². The van der Waals surface area contributed by atoms with E-state index in [1.165, 1.54) is 57.8 Å². The summed E-state index contributed by atoms with van der Waals surface area (Å²) >= 11 is 1.72. The normalized spacial score (nSPS) is 38.0. The van der Waals surface area contributed by atoms with E-state index >= 15 is 0 Å². The Kier molecular flexibility index (Phi) is 4.32. The van der Waals surface area contributed by atoms with E-state index in [2.05, 4.69) is 28.4 Å². The highest BCUT2D eigenvalue weighted by molar-refractivity contribution is 8.05. The van der Waals surface area contributed by atoms with Gasteiger partial charge in [-0.2, -0.15) is 0 Å². The van der Waals surface area contributed by atoms with Gasteiger partial charge in [-0.1, -0.05) is 56.0 Å². The molecule has 0 aromatic carbocycles. The van der Waals surface area contributed by atoms with Gasteiger partial charge in [-0.15, -0.1) is 0 Å². The van der Waals surface area contributed by atoms with Crippen molar-refractivity contribution in [2.75, 3.05) is 0 Å². The van der Waals surface area contributed by atoms with Crippen LogP contribution in [0.2, 0.25) is 0 Å². The second-order valence-corrected chi connectivity index (χ2v) is 8.24. The van der Waals surface area contributed by atoms with Gasteiger partial charge >= 0.3 is 0 Å². The average molecular weight is 318 g/mol. The standard InChI is InChI=1S/C18H26N2OS/c21-17-16(12-6-9-13-7-2-1-3-8-13)22-18-19-14-10-4-5-11-15(14)20(17)18/h6,9,12-15,18-19H,1-5,7-8,10-11H2/b9-6+,16-12-. The van der Waals surface area contributed by atoms with Crippen LogP contribution in [0.5, 0.6) is 0 Å². The lowest BCUT2D eigenvalue weighted by atomic mass is 9.89. The summed E-state index contributed by atoms with van der Waals surface area (Å²) in [5.41, 5.74) is 0.190. The predicted molar refractivity (Wildman–Crippen MR) is 91.2 cm³/mol. The quantitative estimate of drug-likeness (QED) is 0.786. The summed E-state index contributed by atoms with van der Waals surface area (Å²) in [6, 6.07) is 0.974. The van der Waals surface area contributed by atoms with E-state index in [4.69, 9.17) is 0 Å². The minimum absolute atomic E-state index is 0.190. The van der Waals surface area contributed by atoms with E-state index in [1.807, 2.05) is 0 Å². The molecule has 1 amide bonds. The lowest BCUT2D eigenvalue weighted by Gasteiger charge is -2.29. The summed E-state index contributed by atoms with van der Waals surface area (Å²) in [5, 5.41) is 3.66. The fourth-order valence-electron chi connectivity index (χ4n) is 4.46. The minimum Gasteiger partial charge on any atom is -0.309 e. The van der Waals surface area contributed by atoms with Gasteiger partial charge < -0.3 is 4.90 Å². The first-order chi connectivity index (χ1) is 10.8. The van der Waals surface area contributed by atoms with Crippen molar-refractivity contribution in [3.63, 3.8) is 0 Å². The molecule has 4 heteroatoms. The highest BCUT2D eigenvalue weighted by Gasteiger charge is 2.49. The van der Waals surface area contributed by atoms with Crippen molar-refractivity contribution in [1.29, 1.82) is 0 Å². The Labute approximate surface area is 137 Å². The lowest BCUT2D eigenvalue weighted by Crippen LogP contribution is -2.40. The van der Waals surface area contributed by atoms with Gasteiger partial charge in [0.05, 0.1) is 4.91 Å². The molecule has 1 N–H and O–H groups in total. The van der Waals surface area contributed by atoms with E-state index in [-0.39, 0.29) is 11.4 Å². The molecule has 2 aliphatic carbocycles. The first-order valence-electron chi connectivity index (χ1n) is 8.97. The number of amides is 1. The van der Waals surface area contributed by atoms with Crippen LogP contribution in [0.1, 0.15) is 57.8 Å². The van der Waals surface area contributed by atoms with Crippen LogP contribution < -0.4 is 5.32 Å². The van der Waals surface area contributed by atoms with Gasteiger partial charge in [-0.25, -0.2) is 0 Å². The zero-order chi connectivity index (χ0) is 14.9. The summed E-state index contributed by atoms with van der Waals surface area (Å²) in [7, 11) is 0. The number of carbonyl (C=O) groups excluding carboxylic acids is 1. The van der Waals surface area contributed by atoms with Crippen LogP contribution >= 0.6 is 11.8 Å². The molecule has 2 saturated carbocycles. The SMILES string of the molecule is O=C1/C(=C/C=C/C2CCCCC2)SC2NC3CCCCC3N12. The van der Waals surface area contributed by atoms with E-state index < -0.39 is 0 Å². The molecule has 3 atom stereocenters. The lowest BCUT2D eigenvalue weighted by molar-refractivity contribution is -0.127. The molecule has 120 valence electrons. The zero-order valence-corrected chi connectivity index (χ0v) is 14.0. The Hall–Kier alpha value is -0.740. The Morgan fingerprint density at radius 2 is 1.82 bits per heavy atom. The number of fused-ring (bicyclic) bond motifs is 3. The molecular formula is C18H26N2OS. The van der Waals surface area contributed by atoms with Crippen LogP contribution in [-0.2, 0) is 4.79 Å². The van der Waals surface area contributed by atoms with E-state index in [9.17, 15) is 4.79 Å². The van der Waals surface area contributed by atoms with Gasteiger partial charge in [0.15, 0.2) is 0 Å². The largest absolute Gasteiger partial charge is 0.309 e. The maximum absolute atomic E-state index is 12.7. The van der Waals surface area contributed by atoms with Crippen molar-refractivity contribution in [3.05, 3.63) is 23.1 Å². The maximum atomic E-state index is 12.7. The van der Waals surface area contributed by atoms with Crippen molar-refractivity contribution in [1.82, 2.24) is 10.2 Å². The predicted octanol–water partition coefficient (Wildman–Crippen LogP) is 3.78. The zero-order valence-electron chi connectivity index (χ0n) is 13.2. The van der Waals surface area contributed by atoms with Crippen LogP contribution in [0.3, 0.4) is 0 Å². The highest BCUT2D eigenvalue weighted by atomic mass is 32.2. The number of carbonyl (C=O) groups is 1. The number of nitrogens with zero attached hydrogens (tertiary/aromatic N) is 1. The molecule has 2 saturated heterocycles. The third-order valence-electron chi connectivity index (χ3n) is 5.66. The molecule has 3 nitrogen and oxygen atoms in total. The average Bonchev–Trinajstić information content (AvgIpc) is 3.06. The highest BCUT2D eigenvalue weighted by Crippen LogP contribution is 2.43. The molecule has 0 aromatic rings. The summed E-state index contributed by atoms with van der Waals surface area (Å²) < 4.78 is 0. The summed E-state index contributed by atoms with van der Waals surface area (Å²) in [6.07, 6.45) is 18.2. The number of hydrogen-bond donors (Lipinski definition) is 1. The molecule has 4 fully saturated rings. The molecule has 0 spiro atoms. The smallest absolute Gasteiger partial charge is 0.262 e. The van der Waals surface area contributed by atoms with Gasteiger partial charge in [0.25, 0.3) is 5.91 Å². The van der Waals surface area contributed by atoms with Gasteiger partial charge in [-0.05, 0) is 37.7 Å². The number of allylic oxidation sites excluding steroid dienone is 3. The summed E-state index contributed by atoms with van der Waals surface area (Å²) in [4.78, 5) is 15.7. The van der Waals surface area contributed by atoms with Crippen molar-refractivity contribution < 1.29 is 4.79 Å². The second kappa shape index (κ2) is 6.40. The first-order valence-corrected chi connectivity index (χ1v) is 9.85. The van der Waals surface area contributed by atoms with E-state index in [1.54, 1.807) is 11.8 Å². The molecule has 4 aliphatic rings. The molecule has 22 heavy (non-hydrogen) atoms. The molecular weight excluding hydrogens is 292 g/mol. The number of nitrogens with one attached hydrogen (secondary N) is 1. The second-order valence-electron chi connectivity index (χ2n) is 7.12. The fourth-order valence-corrected chi connectivity index (χ4v) is 5.67. The van der Waals surface area contributed by atoms with Crippen LogP contribution in [0.4, 0.5) is 0 Å². The molecule has 2 aliphatic heterocycles. The topological polar surface area (TPSA) is 32.3 Å². The van der Waals surface area contributed by atoms with Crippen molar-refractivity contribution in [2.45, 2.75) is 75.4 Å². The minimum atomic E-state index is 0.190. The van der Waals surface area contributed by atoms with Gasteiger partial charge in [0, 0.05) is 12.1 Å². The number of thioether (sulfide) groups is 1. The number of hydrogen-bond acceptors (Lipinski definition) is 3. The Bertz CT molecular complexity index is 495. The Balaban J connectivity index is 1.41. The van der Waals surface area contributed by atoms with Crippen molar-refractivity contribution >= 4 is 17.7 Å². The van der Waals surface area contributed by atoms with Gasteiger partial charge in [0.2, 0.25) is 0 Å². The molecule has 4 rings (SSSR count). The first kappa shape index (κ1) is 14.8. The number of rotatable bonds is 2. The van der Waals surface area contributed by atoms with Crippen molar-refractivity contribution in [2.24, 2.45) is 5.92 Å². The van der Waals surface area contributed by atoms with Gasteiger partial charge in [-0.3, -0.25) is 10.1 Å². The van der Waals surface area contributed by atoms with Crippen molar-refractivity contribution in [3.8, 4) is 0 Å². The fraction of sp³-hybridized carbons (Fsp3) is 0.722. The molecule has 3 unspecified atom stereocenters. The maximum Gasteiger partial charge on any atom is 0.262 e. The molecule has 0 aromatic heterocycles. The van der Waals surface area contributed by atoms with E-state index in [0.29, 0.717) is 12.1 Å². The van der Waals surface area contributed by atoms with Crippen LogP contribution in [0.15, 0.2) is 23.1 Å². The molecule has 0 bridgehead atoms. The van der Waals surface area contributed by atoms with Crippen LogP contribution in [0, 0.1) is 5.92 Å². The van der Waals surface area contributed by atoms with Crippen LogP contribution in [-0.4, -0.2) is 28.4 Å². The molecule has 0 radical (unpaired) electrons. The summed E-state index contributed by atoms with van der Waals surface area (Å²) in [6.45, 7) is 0. The third kappa shape index (κ3) is 2.76. The Morgan fingerprint density at radius 1 is 1.05 bits per heavy atom. The third-order valence-corrected chi connectivity index (χ3v) is 6.81. The monoisotopic (exact) mass is 318 g/mol. The summed E-state index contributed by atoms with van der Waals surface area (Å²) in [5.74, 6) is 0.984. The molecule has 2 heterocycles. The van der Waals surface area contributed by atoms with E-state index in [0.717, 1.165) is 10.8 Å². The Morgan fingerprint density at radius 3 is 2.68 bits per heavy atom. The van der Waals surface area contributed by atoms with Gasteiger partial charge in [0.1, 0.15) is 5.50 Å².